The molecular weight excluding hydrogens is 295 g/mol. The molecule has 2 rings (SSSR count). The fraction of sp³-hybridized carbons (Fsp3) is 0.375. The maximum absolute atomic E-state index is 11.1. The van der Waals surface area contributed by atoms with Crippen molar-refractivity contribution in [1.82, 2.24) is 15.3 Å². The van der Waals surface area contributed by atoms with Gasteiger partial charge < -0.3 is 10.2 Å². The van der Waals surface area contributed by atoms with Gasteiger partial charge in [-0.15, -0.1) is 0 Å². The minimum Gasteiger partial charge on any atom is -0.353 e. The van der Waals surface area contributed by atoms with Gasteiger partial charge in [-0.2, -0.15) is 0 Å². The molecule has 6 heteroatoms. The van der Waals surface area contributed by atoms with E-state index in [1.54, 1.807) is 12.4 Å². The van der Waals surface area contributed by atoms with Gasteiger partial charge in [-0.3, -0.25) is 4.79 Å². The van der Waals surface area contributed by atoms with E-state index in [9.17, 15) is 4.79 Å². The predicted molar refractivity (Wildman–Crippen MR) is 60.0 cm³/mol. The van der Waals surface area contributed by atoms with Gasteiger partial charge in [0.2, 0.25) is 5.91 Å². The molecule has 0 spiro atoms. The number of carbonyl (C=O) groups excluding carboxylic acids is 1. The fourth-order valence-electron chi connectivity index (χ4n) is 1.30. The van der Waals surface area contributed by atoms with E-state index >= 15 is 0 Å². The summed E-state index contributed by atoms with van der Waals surface area (Å²) in [6.45, 7) is 1.84. The molecule has 0 aromatic carbocycles. The van der Waals surface area contributed by atoms with Crippen molar-refractivity contribution in [2.75, 3.05) is 24.5 Å². The lowest BCUT2D eigenvalue weighted by atomic mass is 10.3. The minimum atomic E-state index is 0.0385. The Morgan fingerprint density at radius 3 is 2.93 bits per heavy atom. The van der Waals surface area contributed by atoms with E-state index in [4.69, 9.17) is 0 Å². The van der Waals surface area contributed by atoms with E-state index in [2.05, 4.69) is 37.9 Å². The second kappa shape index (κ2) is 4.07. The first-order chi connectivity index (χ1) is 6.75. The number of hydrogen-bond acceptors (Lipinski definition) is 4. The van der Waals surface area contributed by atoms with Crippen LogP contribution >= 0.6 is 22.6 Å². The Kier molecular flexibility index (Phi) is 2.80. The summed E-state index contributed by atoms with van der Waals surface area (Å²) < 4.78 is 0.854. The first-order valence-electron chi connectivity index (χ1n) is 4.25. The number of carbonyl (C=O) groups is 1. The van der Waals surface area contributed by atoms with Gasteiger partial charge in [-0.25, -0.2) is 9.97 Å². The predicted octanol–water partition coefficient (Wildman–Crippen LogP) is 0.0174. The highest BCUT2D eigenvalue weighted by molar-refractivity contribution is 14.1. The van der Waals surface area contributed by atoms with Gasteiger partial charge in [0.05, 0.1) is 18.9 Å². The first kappa shape index (κ1) is 9.63. The molecular formula is C8H9IN4O. The first-order valence-corrected chi connectivity index (χ1v) is 5.33. The van der Waals surface area contributed by atoms with Crippen LogP contribution in [0.1, 0.15) is 0 Å². The van der Waals surface area contributed by atoms with Gasteiger partial charge in [0.1, 0.15) is 9.52 Å². The molecule has 0 radical (unpaired) electrons. The Hall–Kier alpha value is -0.920. The number of halogens is 1. The van der Waals surface area contributed by atoms with Gasteiger partial charge in [-0.1, -0.05) is 0 Å². The van der Waals surface area contributed by atoms with Crippen LogP contribution in [0.15, 0.2) is 12.4 Å². The van der Waals surface area contributed by atoms with Gasteiger partial charge in [-0.05, 0) is 22.6 Å². The summed E-state index contributed by atoms with van der Waals surface area (Å²) in [5.41, 5.74) is 0. The number of aromatic nitrogens is 2. The topological polar surface area (TPSA) is 58.1 Å². The molecule has 1 N–H and O–H groups in total. The third-order valence-corrected chi connectivity index (χ3v) is 2.53. The van der Waals surface area contributed by atoms with Crippen LogP contribution in [0.4, 0.5) is 5.82 Å². The maximum Gasteiger partial charge on any atom is 0.239 e. The SMILES string of the molecule is O=C1CN(c2cnc(I)cn2)CCN1. The summed E-state index contributed by atoms with van der Waals surface area (Å²) in [4.78, 5) is 21.4. The molecule has 0 unspecified atom stereocenters. The molecule has 0 aliphatic carbocycles. The molecule has 1 aromatic heterocycles. The minimum absolute atomic E-state index is 0.0385. The number of rotatable bonds is 1. The zero-order chi connectivity index (χ0) is 9.97. The molecule has 1 amide bonds. The zero-order valence-electron chi connectivity index (χ0n) is 7.40. The molecule has 14 heavy (non-hydrogen) atoms. The van der Waals surface area contributed by atoms with E-state index in [0.29, 0.717) is 13.1 Å². The molecule has 2 heterocycles. The quantitative estimate of drug-likeness (QED) is 0.743. The van der Waals surface area contributed by atoms with Gasteiger partial charge in [0.25, 0.3) is 0 Å². The molecule has 5 nitrogen and oxygen atoms in total. The third kappa shape index (κ3) is 2.11. The molecule has 1 aliphatic rings. The Labute approximate surface area is 95.1 Å². The molecule has 1 fully saturated rings. The standard InChI is InChI=1S/C8H9IN4O/c9-6-3-12-7(4-11-6)13-2-1-10-8(14)5-13/h3-4H,1-2,5H2,(H,10,14). The zero-order valence-corrected chi connectivity index (χ0v) is 9.56. The number of hydrogen-bond donors (Lipinski definition) is 1. The third-order valence-electron chi connectivity index (χ3n) is 1.97. The maximum atomic E-state index is 11.1. The summed E-state index contributed by atoms with van der Waals surface area (Å²) in [5.74, 6) is 0.803. The highest BCUT2D eigenvalue weighted by Gasteiger charge is 2.17. The number of anilines is 1. The summed E-state index contributed by atoms with van der Waals surface area (Å²) in [6, 6.07) is 0. The molecule has 1 aliphatic heterocycles. The lowest BCUT2D eigenvalue weighted by molar-refractivity contribution is -0.120. The van der Waals surface area contributed by atoms with Gasteiger partial charge in [0, 0.05) is 13.1 Å². The van der Waals surface area contributed by atoms with Crippen LogP contribution in [-0.4, -0.2) is 35.5 Å². The van der Waals surface area contributed by atoms with E-state index in [1.807, 2.05) is 4.90 Å². The van der Waals surface area contributed by atoms with Crippen molar-refractivity contribution in [3.8, 4) is 0 Å². The highest BCUT2D eigenvalue weighted by Crippen LogP contribution is 2.10. The van der Waals surface area contributed by atoms with Crippen LogP contribution in [-0.2, 0) is 4.79 Å². The Bertz CT molecular complexity index is 340. The number of piperazine rings is 1. The van der Waals surface area contributed by atoms with Crippen LogP contribution < -0.4 is 10.2 Å². The van der Waals surface area contributed by atoms with Crippen LogP contribution in [0.25, 0.3) is 0 Å². The Morgan fingerprint density at radius 2 is 2.29 bits per heavy atom. The van der Waals surface area contributed by atoms with Crippen molar-refractivity contribution in [2.45, 2.75) is 0 Å². The highest BCUT2D eigenvalue weighted by atomic mass is 127. The smallest absolute Gasteiger partial charge is 0.239 e. The van der Waals surface area contributed by atoms with Crippen molar-refractivity contribution in [1.29, 1.82) is 0 Å². The summed E-state index contributed by atoms with van der Waals surface area (Å²) in [7, 11) is 0. The van der Waals surface area contributed by atoms with Crippen molar-refractivity contribution in [3.05, 3.63) is 16.1 Å². The second-order valence-electron chi connectivity index (χ2n) is 2.97. The van der Waals surface area contributed by atoms with E-state index in [-0.39, 0.29) is 5.91 Å². The van der Waals surface area contributed by atoms with Crippen LogP contribution in [0, 0.1) is 3.70 Å². The summed E-state index contributed by atoms with van der Waals surface area (Å²) in [5, 5.41) is 2.76. The summed E-state index contributed by atoms with van der Waals surface area (Å²) in [6.07, 6.45) is 3.39. The van der Waals surface area contributed by atoms with E-state index < -0.39 is 0 Å². The van der Waals surface area contributed by atoms with Crippen molar-refractivity contribution in [2.24, 2.45) is 0 Å². The average molecular weight is 304 g/mol. The van der Waals surface area contributed by atoms with Crippen molar-refractivity contribution < 1.29 is 4.79 Å². The van der Waals surface area contributed by atoms with Crippen LogP contribution in [0.5, 0.6) is 0 Å². The lowest BCUT2D eigenvalue weighted by Crippen LogP contribution is -2.48. The Balaban J connectivity index is 2.14. The van der Waals surface area contributed by atoms with E-state index in [0.717, 1.165) is 16.1 Å². The number of amides is 1. The molecule has 74 valence electrons. The molecule has 0 atom stereocenters. The van der Waals surface area contributed by atoms with Crippen molar-refractivity contribution in [3.63, 3.8) is 0 Å². The lowest BCUT2D eigenvalue weighted by Gasteiger charge is -2.27. The molecule has 0 saturated carbocycles. The number of nitrogens with one attached hydrogen (secondary N) is 1. The van der Waals surface area contributed by atoms with Gasteiger partial charge >= 0.3 is 0 Å². The van der Waals surface area contributed by atoms with Crippen LogP contribution in [0.3, 0.4) is 0 Å². The van der Waals surface area contributed by atoms with E-state index in [1.165, 1.54) is 0 Å². The average Bonchev–Trinajstić information content (AvgIpc) is 2.19. The molecule has 1 saturated heterocycles. The van der Waals surface area contributed by atoms with Crippen LogP contribution in [0.2, 0.25) is 0 Å². The molecule has 1 aromatic rings. The fourth-order valence-corrected chi connectivity index (χ4v) is 1.58. The monoisotopic (exact) mass is 304 g/mol. The summed E-state index contributed by atoms with van der Waals surface area (Å²) >= 11 is 2.10. The number of nitrogens with zero attached hydrogens (tertiary/aromatic N) is 3. The molecule has 0 bridgehead atoms. The normalized spacial score (nSPS) is 16.6. The Morgan fingerprint density at radius 1 is 1.43 bits per heavy atom. The largest absolute Gasteiger partial charge is 0.353 e. The van der Waals surface area contributed by atoms with Crippen molar-refractivity contribution >= 4 is 34.3 Å². The van der Waals surface area contributed by atoms with Gasteiger partial charge in [0.15, 0.2) is 0 Å². The second-order valence-corrected chi connectivity index (χ2v) is 4.07.